The van der Waals surface area contributed by atoms with Gasteiger partial charge in [0.15, 0.2) is 0 Å². The number of hydrogen-bond acceptors (Lipinski definition) is 2. The first-order valence-electron chi connectivity index (χ1n) is 6.69. The van der Waals surface area contributed by atoms with Crippen LogP contribution in [0.25, 0.3) is 11.1 Å². The van der Waals surface area contributed by atoms with Crippen LogP contribution in [0.1, 0.15) is 31.0 Å². The normalized spacial score (nSPS) is 9.90. The Bertz CT molecular complexity index is 519. The largest absolute Gasteiger partial charge is 0.471 e. The fraction of sp³-hybridized carbons (Fsp3) is 0.353. The summed E-state index contributed by atoms with van der Waals surface area (Å²) >= 11 is 0. The van der Waals surface area contributed by atoms with E-state index in [1.807, 2.05) is 0 Å². The molecule has 2 aromatic rings. The van der Waals surface area contributed by atoms with E-state index in [4.69, 9.17) is 4.79 Å². The van der Waals surface area contributed by atoms with Gasteiger partial charge < -0.3 is 9.30 Å². The zero-order valence-corrected chi connectivity index (χ0v) is 12.9. The zero-order valence-electron chi connectivity index (χ0n) is 12.9. The summed E-state index contributed by atoms with van der Waals surface area (Å²) in [5.41, 5.74) is 5.29. The molecule has 0 fully saturated rings. The first-order chi connectivity index (χ1) is 9.49. The lowest BCUT2D eigenvalue weighted by Gasteiger charge is -2.05. The summed E-state index contributed by atoms with van der Waals surface area (Å²) in [5, 5.41) is 0. The third-order valence-corrected chi connectivity index (χ3v) is 3.26. The number of methoxy groups -OCH3 is 1. The highest BCUT2D eigenvalue weighted by atomic mass is 16.5. The minimum atomic E-state index is 0.375. The van der Waals surface area contributed by atoms with Gasteiger partial charge in [0.1, 0.15) is 0 Å². The second kappa shape index (κ2) is 7.53. The number of aryl methyl sites for hydroxylation is 2. The molecule has 1 heterocycles. The van der Waals surface area contributed by atoms with Gasteiger partial charge in [0.2, 0.25) is 0 Å². The summed E-state index contributed by atoms with van der Waals surface area (Å²) < 4.78 is 6.02. The van der Waals surface area contributed by atoms with Crippen molar-refractivity contribution in [3.8, 4) is 11.1 Å². The van der Waals surface area contributed by atoms with Crippen LogP contribution in [0.15, 0.2) is 36.5 Å². The molecule has 3 nitrogen and oxygen atoms in total. The first-order valence-corrected chi connectivity index (χ1v) is 6.69. The van der Waals surface area contributed by atoms with Gasteiger partial charge in [-0.2, -0.15) is 0 Å². The summed E-state index contributed by atoms with van der Waals surface area (Å²) in [5.74, 6) is 0.603. The molecule has 0 spiro atoms. The van der Waals surface area contributed by atoms with E-state index >= 15 is 0 Å². The van der Waals surface area contributed by atoms with E-state index in [-0.39, 0.29) is 0 Å². The van der Waals surface area contributed by atoms with E-state index in [0.29, 0.717) is 12.4 Å². The number of carbonyl (C=O) groups excluding carboxylic acids is 1. The number of ether oxygens (including phenoxy) is 1. The van der Waals surface area contributed by atoms with Gasteiger partial charge in [0, 0.05) is 18.9 Å². The SMILES string of the molecule is COC=O.Cc1cc(-c2ccc(C(C)C)cc2)cn1C. The summed E-state index contributed by atoms with van der Waals surface area (Å²) in [6, 6.07) is 11.1. The van der Waals surface area contributed by atoms with E-state index in [1.165, 1.54) is 29.5 Å². The van der Waals surface area contributed by atoms with Crippen molar-refractivity contribution in [1.82, 2.24) is 4.57 Å². The van der Waals surface area contributed by atoms with Crippen LogP contribution < -0.4 is 0 Å². The Balaban J connectivity index is 0.000000444. The van der Waals surface area contributed by atoms with E-state index in [0.717, 1.165) is 0 Å². The predicted molar refractivity (Wildman–Crippen MR) is 82.7 cm³/mol. The number of carbonyl (C=O) groups is 1. The number of aromatic nitrogens is 1. The maximum absolute atomic E-state index is 8.95. The molecule has 0 aliphatic carbocycles. The number of hydrogen-bond donors (Lipinski definition) is 0. The molecular formula is C17H23NO2. The van der Waals surface area contributed by atoms with Crippen molar-refractivity contribution >= 4 is 6.47 Å². The number of nitrogens with zero attached hydrogens (tertiary/aromatic N) is 1. The number of benzene rings is 1. The molecule has 2 rings (SSSR count). The van der Waals surface area contributed by atoms with Crippen LogP contribution in [0.4, 0.5) is 0 Å². The van der Waals surface area contributed by atoms with Gasteiger partial charge in [-0.3, -0.25) is 4.79 Å². The Morgan fingerprint density at radius 1 is 1.15 bits per heavy atom. The maximum atomic E-state index is 8.95. The molecule has 108 valence electrons. The monoisotopic (exact) mass is 273 g/mol. The van der Waals surface area contributed by atoms with Crippen molar-refractivity contribution in [2.75, 3.05) is 7.11 Å². The second-order valence-corrected chi connectivity index (χ2v) is 5.09. The zero-order chi connectivity index (χ0) is 15.1. The topological polar surface area (TPSA) is 31.2 Å². The average molecular weight is 273 g/mol. The fourth-order valence-electron chi connectivity index (χ4n) is 1.89. The lowest BCUT2D eigenvalue weighted by Crippen LogP contribution is -1.86. The Morgan fingerprint density at radius 3 is 2.05 bits per heavy atom. The second-order valence-electron chi connectivity index (χ2n) is 5.09. The Labute approximate surface area is 121 Å². The van der Waals surface area contributed by atoms with Gasteiger partial charge in [-0.15, -0.1) is 0 Å². The smallest absolute Gasteiger partial charge is 0.292 e. The minimum Gasteiger partial charge on any atom is -0.471 e. The molecule has 0 bridgehead atoms. The van der Waals surface area contributed by atoms with Crippen molar-refractivity contribution in [1.29, 1.82) is 0 Å². The molecule has 0 atom stereocenters. The molecule has 0 aliphatic heterocycles. The highest BCUT2D eigenvalue weighted by molar-refractivity contribution is 5.64. The highest BCUT2D eigenvalue weighted by Crippen LogP contribution is 2.23. The van der Waals surface area contributed by atoms with Crippen LogP contribution in [-0.4, -0.2) is 18.1 Å². The Morgan fingerprint density at radius 2 is 1.70 bits per heavy atom. The highest BCUT2D eigenvalue weighted by Gasteiger charge is 2.03. The lowest BCUT2D eigenvalue weighted by molar-refractivity contribution is -0.126. The van der Waals surface area contributed by atoms with E-state index in [9.17, 15) is 0 Å². The van der Waals surface area contributed by atoms with Gasteiger partial charge in [-0.1, -0.05) is 38.1 Å². The predicted octanol–water partition coefficient (Wildman–Crippen LogP) is 3.91. The van der Waals surface area contributed by atoms with Crippen molar-refractivity contribution < 1.29 is 9.53 Å². The van der Waals surface area contributed by atoms with Crippen molar-refractivity contribution in [2.24, 2.45) is 7.05 Å². The van der Waals surface area contributed by atoms with Crippen LogP contribution in [-0.2, 0) is 16.6 Å². The standard InChI is InChI=1S/C15H19N.C2H4O2/c1-11(2)13-5-7-14(8-6-13)15-9-12(3)16(4)10-15;1-4-2-3/h5-11H,1-4H3;2H,1H3. The molecule has 0 radical (unpaired) electrons. The summed E-state index contributed by atoms with van der Waals surface area (Å²) in [6.45, 7) is 6.95. The molecule has 1 aromatic carbocycles. The van der Waals surface area contributed by atoms with Gasteiger partial charge in [0.25, 0.3) is 6.47 Å². The van der Waals surface area contributed by atoms with Gasteiger partial charge in [-0.05, 0) is 35.6 Å². The third kappa shape index (κ3) is 4.26. The molecule has 1 aromatic heterocycles. The van der Waals surface area contributed by atoms with Crippen LogP contribution in [0.5, 0.6) is 0 Å². The quantitative estimate of drug-likeness (QED) is 0.794. The van der Waals surface area contributed by atoms with E-state index < -0.39 is 0 Å². The summed E-state index contributed by atoms with van der Waals surface area (Å²) in [7, 11) is 3.40. The van der Waals surface area contributed by atoms with Crippen molar-refractivity contribution in [3.63, 3.8) is 0 Å². The molecule has 0 saturated heterocycles. The van der Waals surface area contributed by atoms with Crippen LogP contribution in [0, 0.1) is 6.92 Å². The van der Waals surface area contributed by atoms with Crippen LogP contribution in [0.2, 0.25) is 0 Å². The summed E-state index contributed by atoms with van der Waals surface area (Å²) in [4.78, 5) is 8.95. The first kappa shape index (κ1) is 16.0. The number of rotatable bonds is 3. The lowest BCUT2D eigenvalue weighted by atomic mass is 10.00. The molecule has 3 heteroatoms. The van der Waals surface area contributed by atoms with E-state index in [2.05, 4.69) is 73.7 Å². The molecular weight excluding hydrogens is 250 g/mol. The van der Waals surface area contributed by atoms with Gasteiger partial charge in [0.05, 0.1) is 7.11 Å². The van der Waals surface area contributed by atoms with Crippen molar-refractivity contribution in [3.05, 3.63) is 47.8 Å². The minimum absolute atomic E-state index is 0.375. The molecule has 0 amide bonds. The fourth-order valence-corrected chi connectivity index (χ4v) is 1.89. The average Bonchev–Trinajstić information content (AvgIpc) is 2.79. The molecule has 0 N–H and O–H groups in total. The third-order valence-electron chi connectivity index (χ3n) is 3.26. The maximum Gasteiger partial charge on any atom is 0.292 e. The molecule has 0 aliphatic rings. The summed E-state index contributed by atoms with van der Waals surface area (Å²) in [6.07, 6.45) is 2.18. The molecule has 0 saturated carbocycles. The molecule has 20 heavy (non-hydrogen) atoms. The van der Waals surface area contributed by atoms with Crippen molar-refractivity contribution in [2.45, 2.75) is 26.7 Å². The van der Waals surface area contributed by atoms with Gasteiger partial charge >= 0.3 is 0 Å². The molecule has 0 unspecified atom stereocenters. The van der Waals surface area contributed by atoms with Gasteiger partial charge in [-0.25, -0.2) is 0 Å². The Hall–Kier alpha value is -2.03. The van der Waals surface area contributed by atoms with E-state index in [1.54, 1.807) is 0 Å². The van der Waals surface area contributed by atoms with Crippen LogP contribution >= 0.6 is 0 Å². The Kier molecular flexibility index (Phi) is 6.04. The van der Waals surface area contributed by atoms with Crippen LogP contribution in [0.3, 0.4) is 0 Å².